The summed E-state index contributed by atoms with van der Waals surface area (Å²) in [5, 5.41) is 10.3. The van der Waals surface area contributed by atoms with Crippen LogP contribution in [-0.4, -0.2) is 35.1 Å². The van der Waals surface area contributed by atoms with Crippen LogP contribution in [0.3, 0.4) is 0 Å². The van der Waals surface area contributed by atoms with Crippen molar-refractivity contribution in [2.24, 2.45) is 5.92 Å². The van der Waals surface area contributed by atoms with E-state index in [2.05, 4.69) is 5.43 Å². The van der Waals surface area contributed by atoms with Crippen molar-refractivity contribution in [2.45, 2.75) is 19.8 Å². The Labute approximate surface area is 76.7 Å². The van der Waals surface area contributed by atoms with E-state index >= 15 is 0 Å². The van der Waals surface area contributed by atoms with Gasteiger partial charge in [0.05, 0.1) is 5.92 Å². The maximum atomic E-state index is 10.9. The number of aliphatic carboxylic acids is 1. The molecule has 13 heavy (non-hydrogen) atoms. The summed E-state index contributed by atoms with van der Waals surface area (Å²) in [6.45, 7) is 2.74. The Kier molecular flexibility index (Phi) is 3.25. The van der Waals surface area contributed by atoms with Crippen molar-refractivity contribution in [3.05, 3.63) is 0 Å². The van der Waals surface area contributed by atoms with Crippen molar-refractivity contribution in [1.82, 2.24) is 10.4 Å². The van der Waals surface area contributed by atoms with Gasteiger partial charge in [-0.15, -0.1) is 0 Å². The van der Waals surface area contributed by atoms with E-state index in [4.69, 9.17) is 5.11 Å². The number of rotatable bonds is 3. The molecular formula is C8H14N2O3. The fourth-order valence-electron chi connectivity index (χ4n) is 1.26. The lowest BCUT2D eigenvalue weighted by molar-refractivity contribution is -0.143. The first kappa shape index (κ1) is 9.98. The molecule has 1 rings (SSSR count). The van der Waals surface area contributed by atoms with Gasteiger partial charge in [-0.1, -0.05) is 6.92 Å². The Morgan fingerprint density at radius 2 is 2.46 bits per heavy atom. The monoisotopic (exact) mass is 186 g/mol. The van der Waals surface area contributed by atoms with E-state index in [1.165, 1.54) is 0 Å². The fraction of sp³-hybridized carbons (Fsp3) is 0.750. The minimum Gasteiger partial charge on any atom is -0.481 e. The van der Waals surface area contributed by atoms with E-state index in [1.807, 2.05) is 0 Å². The molecule has 0 aromatic heterocycles. The third-order valence-corrected chi connectivity index (χ3v) is 2.03. The first-order valence-electron chi connectivity index (χ1n) is 4.37. The average molecular weight is 186 g/mol. The van der Waals surface area contributed by atoms with E-state index < -0.39 is 11.9 Å². The van der Waals surface area contributed by atoms with E-state index in [9.17, 15) is 9.59 Å². The Hall–Kier alpha value is -1.10. The van der Waals surface area contributed by atoms with Crippen LogP contribution in [0.4, 0.5) is 0 Å². The molecule has 1 atom stereocenters. The standard InChI is InChI=1S/C8H14N2O3/c1-6(8(12)13)5-10-4-2-3-7(11)9-10/h6H,2-5H2,1H3,(H,9,11)(H,12,13). The number of carbonyl (C=O) groups excluding carboxylic acids is 1. The number of carbonyl (C=O) groups is 2. The van der Waals surface area contributed by atoms with Gasteiger partial charge in [-0.25, -0.2) is 5.01 Å². The molecule has 0 saturated carbocycles. The van der Waals surface area contributed by atoms with E-state index in [0.717, 1.165) is 13.0 Å². The summed E-state index contributed by atoms with van der Waals surface area (Å²) in [6.07, 6.45) is 1.34. The molecule has 0 bridgehead atoms. The van der Waals surface area contributed by atoms with Crippen LogP contribution >= 0.6 is 0 Å². The number of hydrogen-bond acceptors (Lipinski definition) is 3. The van der Waals surface area contributed by atoms with Crippen LogP contribution in [-0.2, 0) is 9.59 Å². The van der Waals surface area contributed by atoms with Gasteiger partial charge in [-0.05, 0) is 6.42 Å². The summed E-state index contributed by atoms with van der Waals surface area (Å²) >= 11 is 0. The molecule has 5 heteroatoms. The Morgan fingerprint density at radius 3 is 3.00 bits per heavy atom. The molecule has 74 valence electrons. The molecular weight excluding hydrogens is 172 g/mol. The number of carboxylic acid groups (broad SMARTS) is 1. The van der Waals surface area contributed by atoms with Crippen LogP contribution in [0.25, 0.3) is 0 Å². The highest BCUT2D eigenvalue weighted by molar-refractivity contribution is 5.76. The predicted octanol–water partition coefficient (Wildman–Crippen LogP) is -0.166. The fourth-order valence-corrected chi connectivity index (χ4v) is 1.26. The van der Waals surface area contributed by atoms with Gasteiger partial charge in [-0.3, -0.25) is 15.0 Å². The number of nitrogens with one attached hydrogen (secondary N) is 1. The van der Waals surface area contributed by atoms with E-state index in [0.29, 0.717) is 13.0 Å². The zero-order valence-corrected chi connectivity index (χ0v) is 7.62. The molecule has 2 N–H and O–H groups in total. The summed E-state index contributed by atoms with van der Waals surface area (Å²) in [4.78, 5) is 21.4. The number of nitrogens with zero attached hydrogens (tertiary/aromatic N) is 1. The number of hydrogen-bond donors (Lipinski definition) is 2. The summed E-state index contributed by atoms with van der Waals surface area (Å²) in [5.74, 6) is -1.30. The summed E-state index contributed by atoms with van der Waals surface area (Å²) in [7, 11) is 0. The molecule has 0 radical (unpaired) electrons. The van der Waals surface area contributed by atoms with Gasteiger partial charge in [0.15, 0.2) is 0 Å². The number of hydrazine groups is 1. The Morgan fingerprint density at radius 1 is 1.77 bits per heavy atom. The minimum atomic E-state index is -0.833. The quantitative estimate of drug-likeness (QED) is 0.642. The van der Waals surface area contributed by atoms with Crippen molar-refractivity contribution in [2.75, 3.05) is 13.1 Å². The molecule has 1 aliphatic heterocycles. The smallest absolute Gasteiger partial charge is 0.307 e. The van der Waals surface area contributed by atoms with Crippen LogP contribution in [0.1, 0.15) is 19.8 Å². The van der Waals surface area contributed by atoms with Crippen molar-refractivity contribution in [3.63, 3.8) is 0 Å². The molecule has 1 unspecified atom stereocenters. The zero-order valence-electron chi connectivity index (χ0n) is 7.62. The molecule has 5 nitrogen and oxygen atoms in total. The molecule has 1 heterocycles. The van der Waals surface area contributed by atoms with Crippen molar-refractivity contribution < 1.29 is 14.7 Å². The molecule has 1 aliphatic rings. The van der Waals surface area contributed by atoms with Gasteiger partial charge in [0, 0.05) is 19.5 Å². The lowest BCUT2D eigenvalue weighted by atomic mass is 10.1. The lowest BCUT2D eigenvalue weighted by Crippen LogP contribution is -2.49. The highest BCUT2D eigenvalue weighted by atomic mass is 16.4. The van der Waals surface area contributed by atoms with Gasteiger partial charge in [0.1, 0.15) is 0 Å². The topological polar surface area (TPSA) is 69.6 Å². The van der Waals surface area contributed by atoms with Gasteiger partial charge in [0.2, 0.25) is 5.91 Å². The second-order valence-electron chi connectivity index (χ2n) is 3.32. The lowest BCUT2D eigenvalue weighted by Gasteiger charge is -2.28. The first-order chi connectivity index (χ1) is 6.09. The summed E-state index contributed by atoms with van der Waals surface area (Å²) < 4.78 is 0. The van der Waals surface area contributed by atoms with Crippen molar-refractivity contribution in [1.29, 1.82) is 0 Å². The zero-order chi connectivity index (χ0) is 9.84. The third kappa shape index (κ3) is 3.02. The highest BCUT2D eigenvalue weighted by Crippen LogP contribution is 2.04. The first-order valence-corrected chi connectivity index (χ1v) is 4.37. The predicted molar refractivity (Wildman–Crippen MR) is 45.7 cm³/mol. The maximum absolute atomic E-state index is 10.9. The van der Waals surface area contributed by atoms with Crippen LogP contribution < -0.4 is 5.43 Å². The third-order valence-electron chi connectivity index (χ3n) is 2.03. The SMILES string of the molecule is CC(CN1CCCC(=O)N1)C(=O)O. The molecule has 1 fully saturated rings. The van der Waals surface area contributed by atoms with Crippen LogP contribution in [0.5, 0.6) is 0 Å². The van der Waals surface area contributed by atoms with Gasteiger partial charge in [0.25, 0.3) is 0 Å². The largest absolute Gasteiger partial charge is 0.481 e. The van der Waals surface area contributed by atoms with Crippen molar-refractivity contribution >= 4 is 11.9 Å². The maximum Gasteiger partial charge on any atom is 0.307 e. The van der Waals surface area contributed by atoms with Crippen LogP contribution in [0.2, 0.25) is 0 Å². The molecule has 0 aliphatic carbocycles. The molecule has 0 spiro atoms. The summed E-state index contributed by atoms with van der Waals surface area (Å²) in [5.41, 5.74) is 2.63. The second-order valence-corrected chi connectivity index (χ2v) is 3.32. The molecule has 0 aromatic carbocycles. The number of amides is 1. The van der Waals surface area contributed by atoms with Gasteiger partial charge < -0.3 is 5.11 Å². The van der Waals surface area contributed by atoms with E-state index in [1.54, 1.807) is 11.9 Å². The normalized spacial score (nSPS) is 20.8. The van der Waals surface area contributed by atoms with Gasteiger partial charge in [-0.2, -0.15) is 0 Å². The Balaban J connectivity index is 2.35. The molecule has 1 saturated heterocycles. The van der Waals surface area contributed by atoms with Crippen molar-refractivity contribution in [3.8, 4) is 0 Å². The summed E-state index contributed by atoms with van der Waals surface area (Å²) in [6, 6.07) is 0. The Bertz CT molecular complexity index is 217. The van der Waals surface area contributed by atoms with Crippen LogP contribution in [0.15, 0.2) is 0 Å². The van der Waals surface area contributed by atoms with Crippen LogP contribution in [0, 0.1) is 5.92 Å². The minimum absolute atomic E-state index is 0.0242. The number of carboxylic acids is 1. The molecule has 0 aromatic rings. The molecule has 1 amide bonds. The second kappa shape index (κ2) is 4.23. The average Bonchev–Trinajstić information content (AvgIpc) is 2.04. The van der Waals surface area contributed by atoms with Gasteiger partial charge >= 0.3 is 5.97 Å². The van der Waals surface area contributed by atoms with E-state index in [-0.39, 0.29) is 5.91 Å². The highest BCUT2D eigenvalue weighted by Gasteiger charge is 2.20.